The molecule has 0 amide bonds. The van der Waals surface area contributed by atoms with Crippen molar-refractivity contribution in [1.82, 2.24) is 0 Å². The van der Waals surface area contributed by atoms with Gasteiger partial charge < -0.3 is 4.74 Å². The van der Waals surface area contributed by atoms with Gasteiger partial charge in [0.25, 0.3) is 0 Å². The number of rotatable bonds is 5. The summed E-state index contributed by atoms with van der Waals surface area (Å²) in [6.45, 7) is 2.10. The topological polar surface area (TPSA) is 26.3 Å². The Kier molecular flexibility index (Phi) is 4.77. The molecule has 19 heavy (non-hydrogen) atoms. The number of Topliss-reactive ketones (excluding diaryl/α,β-unsaturated/α-hetero) is 1. The lowest BCUT2D eigenvalue weighted by atomic mass is 10.1. The van der Waals surface area contributed by atoms with Crippen LogP contribution >= 0.6 is 27.3 Å². The van der Waals surface area contributed by atoms with E-state index in [1.165, 1.54) is 4.88 Å². The first-order valence-corrected chi connectivity index (χ1v) is 7.69. The first-order valence-electron chi connectivity index (χ1n) is 6.08. The molecule has 1 aromatic carbocycles. The van der Waals surface area contributed by atoms with Gasteiger partial charge >= 0.3 is 0 Å². The third kappa shape index (κ3) is 3.45. The second-order valence-electron chi connectivity index (χ2n) is 4.19. The van der Waals surface area contributed by atoms with Crippen LogP contribution in [0.5, 0.6) is 5.75 Å². The molecule has 4 heteroatoms. The lowest BCUT2D eigenvalue weighted by molar-refractivity contribution is 0.0997. The van der Waals surface area contributed by atoms with E-state index in [0.29, 0.717) is 6.42 Å². The first kappa shape index (κ1) is 14.3. The molecule has 0 saturated heterocycles. The van der Waals surface area contributed by atoms with Gasteiger partial charge in [0, 0.05) is 11.3 Å². The quantitative estimate of drug-likeness (QED) is 0.750. The number of hydrogen-bond acceptors (Lipinski definition) is 3. The van der Waals surface area contributed by atoms with E-state index in [-0.39, 0.29) is 5.78 Å². The monoisotopic (exact) mass is 338 g/mol. The maximum atomic E-state index is 12.2. The van der Waals surface area contributed by atoms with E-state index in [9.17, 15) is 4.79 Å². The molecule has 2 nitrogen and oxygen atoms in total. The van der Waals surface area contributed by atoms with Crippen molar-refractivity contribution in [3.8, 4) is 5.75 Å². The number of hydrogen-bond donors (Lipinski definition) is 0. The van der Waals surface area contributed by atoms with Gasteiger partial charge in [-0.1, -0.05) is 13.0 Å². The van der Waals surface area contributed by atoms with Gasteiger partial charge in [-0.15, -0.1) is 11.3 Å². The molecule has 1 aromatic heterocycles. The molecular weight excluding hydrogens is 324 g/mol. The van der Waals surface area contributed by atoms with Crippen LogP contribution < -0.4 is 4.74 Å². The Hall–Kier alpha value is -1.13. The number of methoxy groups -OCH3 is 1. The Bertz CT molecular complexity index is 590. The highest BCUT2D eigenvalue weighted by molar-refractivity contribution is 9.10. The number of carbonyl (C=O) groups is 1. The molecule has 0 aliphatic heterocycles. The van der Waals surface area contributed by atoms with Gasteiger partial charge in [0.15, 0.2) is 5.78 Å². The van der Waals surface area contributed by atoms with Crippen LogP contribution in [-0.4, -0.2) is 12.9 Å². The normalized spacial score (nSPS) is 10.5. The Labute approximate surface area is 125 Å². The predicted molar refractivity (Wildman–Crippen MR) is 82.4 cm³/mol. The molecule has 0 atom stereocenters. The smallest absolute Gasteiger partial charge is 0.177 e. The van der Waals surface area contributed by atoms with Crippen molar-refractivity contribution in [3.63, 3.8) is 0 Å². The van der Waals surface area contributed by atoms with E-state index in [0.717, 1.165) is 27.1 Å². The third-order valence-electron chi connectivity index (χ3n) is 2.87. The second kappa shape index (κ2) is 6.35. The van der Waals surface area contributed by atoms with Crippen LogP contribution in [-0.2, 0) is 12.8 Å². The molecule has 0 radical (unpaired) electrons. The van der Waals surface area contributed by atoms with E-state index in [2.05, 4.69) is 22.9 Å². The highest BCUT2D eigenvalue weighted by Gasteiger charge is 2.11. The van der Waals surface area contributed by atoms with Crippen molar-refractivity contribution < 1.29 is 9.53 Å². The van der Waals surface area contributed by atoms with Crippen molar-refractivity contribution in [2.24, 2.45) is 0 Å². The fraction of sp³-hybridized carbons (Fsp3) is 0.267. The summed E-state index contributed by atoms with van der Waals surface area (Å²) in [4.78, 5) is 14.3. The first-order chi connectivity index (χ1) is 9.13. The Morgan fingerprint density at radius 1 is 1.32 bits per heavy atom. The number of ketones is 1. The van der Waals surface area contributed by atoms with E-state index < -0.39 is 0 Å². The van der Waals surface area contributed by atoms with Gasteiger partial charge in [-0.2, -0.15) is 0 Å². The Morgan fingerprint density at radius 3 is 2.68 bits per heavy atom. The average molecular weight is 339 g/mol. The molecule has 0 aliphatic rings. The molecular formula is C15H15BrO2S. The zero-order chi connectivity index (χ0) is 13.8. The number of thiophene rings is 1. The molecule has 100 valence electrons. The standard InChI is InChI=1S/C15H15BrO2S/c1-3-11-5-7-15(19-11)13(17)9-10-4-6-14(18-2)12(16)8-10/h4-8H,3,9H2,1-2H3. The molecule has 0 aliphatic carbocycles. The van der Waals surface area contributed by atoms with Gasteiger partial charge in [-0.25, -0.2) is 0 Å². The largest absolute Gasteiger partial charge is 0.496 e. The lowest BCUT2D eigenvalue weighted by Gasteiger charge is -2.05. The molecule has 0 fully saturated rings. The molecule has 2 rings (SSSR count). The van der Waals surface area contributed by atoms with E-state index in [1.54, 1.807) is 18.4 Å². The van der Waals surface area contributed by atoms with Crippen molar-refractivity contribution in [2.45, 2.75) is 19.8 Å². The van der Waals surface area contributed by atoms with Crippen LogP contribution in [0, 0.1) is 0 Å². The zero-order valence-corrected chi connectivity index (χ0v) is 13.3. The van der Waals surface area contributed by atoms with Crippen LogP contribution in [0.25, 0.3) is 0 Å². The fourth-order valence-electron chi connectivity index (χ4n) is 1.81. The Morgan fingerprint density at radius 2 is 2.11 bits per heavy atom. The average Bonchev–Trinajstić information content (AvgIpc) is 2.88. The molecule has 0 spiro atoms. The number of ether oxygens (including phenoxy) is 1. The molecule has 2 aromatic rings. The van der Waals surface area contributed by atoms with E-state index >= 15 is 0 Å². The van der Waals surface area contributed by atoms with Crippen LogP contribution in [0.2, 0.25) is 0 Å². The number of carbonyl (C=O) groups excluding carboxylic acids is 1. The van der Waals surface area contributed by atoms with Crippen molar-refractivity contribution in [2.75, 3.05) is 7.11 Å². The summed E-state index contributed by atoms with van der Waals surface area (Å²) in [6.07, 6.45) is 1.40. The number of halogens is 1. The molecule has 0 saturated carbocycles. The minimum absolute atomic E-state index is 0.168. The number of aryl methyl sites for hydroxylation is 1. The second-order valence-corrected chi connectivity index (χ2v) is 6.21. The summed E-state index contributed by atoms with van der Waals surface area (Å²) < 4.78 is 6.05. The summed E-state index contributed by atoms with van der Waals surface area (Å²) >= 11 is 5.02. The highest BCUT2D eigenvalue weighted by Crippen LogP contribution is 2.26. The lowest BCUT2D eigenvalue weighted by Crippen LogP contribution is -2.01. The SMILES string of the molecule is CCc1ccc(C(=O)Cc2ccc(OC)c(Br)c2)s1. The fourth-order valence-corrected chi connectivity index (χ4v) is 3.28. The van der Waals surface area contributed by atoms with Crippen molar-refractivity contribution in [3.05, 3.63) is 50.1 Å². The summed E-state index contributed by atoms with van der Waals surface area (Å²) in [5, 5.41) is 0. The zero-order valence-electron chi connectivity index (χ0n) is 10.9. The minimum atomic E-state index is 0.168. The van der Waals surface area contributed by atoms with Gasteiger partial charge in [0.05, 0.1) is 16.5 Å². The molecule has 0 bridgehead atoms. The predicted octanol–water partition coefficient (Wildman–Crippen LogP) is 4.51. The van der Waals surface area contributed by atoms with E-state index in [4.69, 9.17) is 4.74 Å². The maximum Gasteiger partial charge on any atom is 0.177 e. The summed E-state index contributed by atoms with van der Waals surface area (Å²) in [5.41, 5.74) is 0.990. The van der Waals surface area contributed by atoms with Crippen LogP contribution in [0.3, 0.4) is 0 Å². The summed E-state index contributed by atoms with van der Waals surface area (Å²) in [6, 6.07) is 9.69. The van der Waals surface area contributed by atoms with Gasteiger partial charge in [-0.05, 0) is 52.2 Å². The van der Waals surface area contributed by atoms with E-state index in [1.807, 2.05) is 30.3 Å². The summed E-state index contributed by atoms with van der Waals surface area (Å²) in [5.74, 6) is 0.947. The maximum absolute atomic E-state index is 12.2. The Balaban J connectivity index is 2.12. The van der Waals surface area contributed by atoms with Crippen LogP contribution in [0.15, 0.2) is 34.8 Å². The van der Waals surface area contributed by atoms with Crippen molar-refractivity contribution in [1.29, 1.82) is 0 Å². The van der Waals surface area contributed by atoms with Crippen LogP contribution in [0.1, 0.15) is 27.0 Å². The third-order valence-corrected chi connectivity index (χ3v) is 4.76. The number of benzene rings is 1. The van der Waals surface area contributed by atoms with Crippen LogP contribution in [0.4, 0.5) is 0 Å². The molecule has 1 heterocycles. The van der Waals surface area contributed by atoms with Gasteiger partial charge in [0.1, 0.15) is 5.75 Å². The molecule has 0 N–H and O–H groups in total. The highest BCUT2D eigenvalue weighted by atomic mass is 79.9. The van der Waals surface area contributed by atoms with Gasteiger partial charge in [0.2, 0.25) is 0 Å². The van der Waals surface area contributed by atoms with Gasteiger partial charge in [-0.3, -0.25) is 4.79 Å². The minimum Gasteiger partial charge on any atom is -0.496 e. The molecule has 0 unspecified atom stereocenters. The van der Waals surface area contributed by atoms with Crippen molar-refractivity contribution >= 4 is 33.0 Å². The summed E-state index contributed by atoms with van der Waals surface area (Å²) in [7, 11) is 1.63.